The summed E-state index contributed by atoms with van der Waals surface area (Å²) in [5.41, 5.74) is 1.44. The molecule has 0 saturated carbocycles. The third kappa shape index (κ3) is 3.07. The second-order valence-electron chi connectivity index (χ2n) is 4.84. The van der Waals surface area contributed by atoms with Gasteiger partial charge in [0.1, 0.15) is 11.6 Å². The van der Waals surface area contributed by atoms with Crippen molar-refractivity contribution in [3.8, 4) is 0 Å². The third-order valence-corrected chi connectivity index (χ3v) is 4.42. The Hall–Kier alpha value is -0.450. The molecule has 0 amide bonds. The molecule has 2 atom stereocenters. The van der Waals surface area contributed by atoms with Gasteiger partial charge in [-0.1, -0.05) is 11.6 Å². The Bertz CT molecular complexity index is 613. The van der Waals surface area contributed by atoms with Gasteiger partial charge in [0.2, 0.25) is 0 Å². The number of fused-ring (bicyclic) bond motifs is 1. The number of thioether (sulfide) groups is 1. The molecule has 0 fully saturated rings. The van der Waals surface area contributed by atoms with E-state index < -0.39 is 5.82 Å². The molecule has 2 nitrogen and oxygen atoms in total. The van der Waals surface area contributed by atoms with Crippen molar-refractivity contribution in [3.63, 3.8) is 0 Å². The Morgan fingerprint density at radius 2 is 2.10 bits per heavy atom. The van der Waals surface area contributed by atoms with Crippen LogP contribution in [0, 0.1) is 5.82 Å². The van der Waals surface area contributed by atoms with E-state index in [9.17, 15) is 4.39 Å². The van der Waals surface area contributed by atoms with Crippen LogP contribution in [-0.2, 0) is 0 Å². The lowest BCUT2D eigenvalue weighted by atomic mass is 10.2. The van der Waals surface area contributed by atoms with Gasteiger partial charge in [0.25, 0.3) is 0 Å². The topological polar surface area (TPSA) is 17.8 Å². The molecule has 0 aliphatic heterocycles. The fourth-order valence-corrected chi connectivity index (χ4v) is 3.16. The van der Waals surface area contributed by atoms with Crippen LogP contribution in [-0.4, -0.2) is 21.6 Å². The smallest absolute Gasteiger partial charge is 0.144 e. The highest BCUT2D eigenvalue weighted by Crippen LogP contribution is 2.32. The van der Waals surface area contributed by atoms with Crippen molar-refractivity contribution in [1.82, 2.24) is 9.55 Å². The van der Waals surface area contributed by atoms with Crippen LogP contribution in [0.5, 0.6) is 0 Å². The Balaban J connectivity index is 2.58. The summed E-state index contributed by atoms with van der Waals surface area (Å²) in [5, 5.41) is -0.120. The van der Waals surface area contributed by atoms with Crippen molar-refractivity contribution < 1.29 is 4.39 Å². The van der Waals surface area contributed by atoms with E-state index in [1.165, 1.54) is 6.07 Å². The molecule has 0 spiro atoms. The molecule has 2 rings (SSSR count). The molecule has 110 valence electrons. The lowest BCUT2D eigenvalue weighted by molar-refractivity contribution is 0.525. The molecule has 0 saturated heterocycles. The molecule has 1 heterocycles. The van der Waals surface area contributed by atoms with Crippen LogP contribution in [0.3, 0.4) is 0 Å². The summed E-state index contributed by atoms with van der Waals surface area (Å²) in [7, 11) is 0. The lowest BCUT2D eigenvalue weighted by Gasteiger charge is -2.18. The van der Waals surface area contributed by atoms with Crippen molar-refractivity contribution in [3.05, 3.63) is 28.8 Å². The zero-order chi connectivity index (χ0) is 14.9. The minimum atomic E-state index is -0.450. The summed E-state index contributed by atoms with van der Waals surface area (Å²) in [6.45, 7) is 4.00. The fourth-order valence-electron chi connectivity index (χ4n) is 2.27. The Labute approximate surface area is 132 Å². The van der Waals surface area contributed by atoms with Crippen LogP contribution in [0.2, 0.25) is 5.02 Å². The van der Waals surface area contributed by atoms with Crippen molar-refractivity contribution in [1.29, 1.82) is 0 Å². The predicted octanol–water partition coefficient (Wildman–Crippen LogP) is 5.44. The van der Waals surface area contributed by atoms with E-state index in [0.29, 0.717) is 5.52 Å². The summed E-state index contributed by atoms with van der Waals surface area (Å²) in [4.78, 5) is 4.47. The fraction of sp³-hybridized carbons (Fsp3) is 0.500. The van der Waals surface area contributed by atoms with Crippen molar-refractivity contribution >= 4 is 46.0 Å². The molecule has 20 heavy (non-hydrogen) atoms. The van der Waals surface area contributed by atoms with Gasteiger partial charge >= 0.3 is 0 Å². The van der Waals surface area contributed by atoms with Gasteiger partial charge in [-0.05, 0) is 38.3 Å². The van der Waals surface area contributed by atoms with Gasteiger partial charge in [0, 0.05) is 12.1 Å². The average Bonchev–Trinajstić information content (AvgIpc) is 2.75. The number of hydrogen-bond donors (Lipinski definition) is 0. The summed E-state index contributed by atoms with van der Waals surface area (Å²) < 4.78 is 15.7. The van der Waals surface area contributed by atoms with Crippen molar-refractivity contribution in [2.75, 3.05) is 12.0 Å². The maximum absolute atomic E-state index is 13.6. The minimum Gasteiger partial charge on any atom is -0.324 e. The molecule has 1 aromatic heterocycles. The van der Waals surface area contributed by atoms with E-state index in [-0.39, 0.29) is 16.4 Å². The highest BCUT2D eigenvalue weighted by Gasteiger charge is 2.20. The number of halogens is 3. The van der Waals surface area contributed by atoms with E-state index in [4.69, 9.17) is 23.2 Å². The van der Waals surface area contributed by atoms with Gasteiger partial charge in [0.05, 0.1) is 21.4 Å². The number of hydrogen-bond acceptors (Lipinski definition) is 2. The number of rotatable bonds is 5. The molecule has 6 heteroatoms. The Morgan fingerprint density at radius 3 is 2.70 bits per heavy atom. The monoisotopic (exact) mass is 334 g/mol. The van der Waals surface area contributed by atoms with Gasteiger partial charge in [-0.3, -0.25) is 0 Å². The number of benzene rings is 1. The third-order valence-electron chi connectivity index (χ3n) is 3.30. The zero-order valence-corrected chi connectivity index (χ0v) is 14.0. The van der Waals surface area contributed by atoms with Crippen LogP contribution in [0.15, 0.2) is 12.1 Å². The minimum absolute atomic E-state index is 0.115. The lowest BCUT2D eigenvalue weighted by Crippen LogP contribution is -2.10. The van der Waals surface area contributed by atoms with Crippen LogP contribution < -0.4 is 0 Å². The van der Waals surface area contributed by atoms with Gasteiger partial charge in [-0.25, -0.2) is 9.37 Å². The maximum Gasteiger partial charge on any atom is 0.144 e. The normalized spacial score (nSPS) is 14.7. The highest BCUT2D eigenvalue weighted by atomic mass is 35.5. The van der Waals surface area contributed by atoms with Crippen LogP contribution in [0.1, 0.15) is 37.5 Å². The maximum atomic E-state index is 13.6. The van der Waals surface area contributed by atoms with Crippen LogP contribution in [0.4, 0.5) is 4.39 Å². The summed E-state index contributed by atoms with van der Waals surface area (Å²) >= 11 is 13.9. The Morgan fingerprint density at radius 1 is 1.40 bits per heavy atom. The van der Waals surface area contributed by atoms with E-state index in [1.807, 2.05) is 6.92 Å². The number of imidazole rings is 1. The molecule has 0 aliphatic carbocycles. The predicted molar refractivity (Wildman–Crippen MR) is 86.7 cm³/mol. The largest absolute Gasteiger partial charge is 0.324 e. The number of alkyl halides is 1. The first-order chi connectivity index (χ1) is 9.45. The van der Waals surface area contributed by atoms with E-state index >= 15 is 0 Å². The molecule has 0 radical (unpaired) electrons. The SMILES string of the molecule is CSCCC(C)n1c(C(C)Cl)nc2cc(F)c(Cl)cc21. The Kier molecular flexibility index (Phi) is 5.21. The first kappa shape index (κ1) is 15.9. The molecule has 2 unspecified atom stereocenters. The van der Waals surface area contributed by atoms with Gasteiger partial charge < -0.3 is 4.57 Å². The molecular weight excluding hydrogens is 318 g/mol. The van der Waals surface area contributed by atoms with Crippen LogP contribution in [0.25, 0.3) is 11.0 Å². The molecule has 0 N–H and O–H groups in total. The summed E-state index contributed by atoms with van der Waals surface area (Å²) in [6.07, 6.45) is 3.08. The van der Waals surface area contributed by atoms with Gasteiger partial charge in [0.15, 0.2) is 0 Å². The van der Waals surface area contributed by atoms with Gasteiger partial charge in [-0.2, -0.15) is 11.8 Å². The quantitative estimate of drug-likeness (QED) is 0.677. The molecule has 2 aromatic rings. The summed E-state index contributed by atoms with van der Waals surface area (Å²) in [6, 6.07) is 3.25. The standard InChI is InChI=1S/C14H17Cl2FN2S/c1-8(4-5-20-3)19-13-6-10(16)11(17)7-12(13)18-14(19)9(2)15/h6-9H,4-5H2,1-3H3. The second-order valence-corrected chi connectivity index (χ2v) is 6.89. The molecular formula is C14H17Cl2FN2S. The first-order valence-corrected chi connectivity index (χ1v) is 8.66. The highest BCUT2D eigenvalue weighted by molar-refractivity contribution is 7.98. The van der Waals surface area contributed by atoms with Crippen molar-refractivity contribution in [2.45, 2.75) is 31.7 Å². The van der Waals surface area contributed by atoms with Crippen LogP contribution >= 0.6 is 35.0 Å². The number of aromatic nitrogens is 2. The van der Waals surface area contributed by atoms with Gasteiger partial charge in [-0.15, -0.1) is 11.6 Å². The summed E-state index contributed by atoms with van der Waals surface area (Å²) in [5.74, 6) is 1.36. The van der Waals surface area contributed by atoms with Crippen molar-refractivity contribution in [2.24, 2.45) is 0 Å². The average molecular weight is 335 g/mol. The van der Waals surface area contributed by atoms with E-state index in [0.717, 1.165) is 23.5 Å². The van der Waals surface area contributed by atoms with E-state index in [1.54, 1.807) is 17.8 Å². The molecule has 0 bridgehead atoms. The number of nitrogens with zero attached hydrogens (tertiary/aromatic N) is 2. The second kappa shape index (κ2) is 6.54. The molecule has 0 aliphatic rings. The molecule has 1 aromatic carbocycles. The van der Waals surface area contributed by atoms with E-state index in [2.05, 4.69) is 22.7 Å². The first-order valence-electron chi connectivity index (χ1n) is 6.45. The zero-order valence-electron chi connectivity index (χ0n) is 11.7.